The van der Waals surface area contributed by atoms with Gasteiger partial charge < -0.3 is 10.2 Å². The molecule has 3 rings (SSSR count). The second kappa shape index (κ2) is 5.74. The molecule has 2 aromatic rings. The molecule has 2 N–H and O–H groups in total. The van der Waals surface area contributed by atoms with Crippen LogP contribution >= 0.6 is 0 Å². The fraction of sp³-hybridized carbons (Fsp3) is 0.286. The Morgan fingerprint density at radius 3 is 2.90 bits per heavy atom. The summed E-state index contributed by atoms with van der Waals surface area (Å²) < 4.78 is 0. The maximum atomic E-state index is 12.1. The second-order valence-corrected chi connectivity index (χ2v) is 5.01. The molecule has 2 amide bonds. The van der Waals surface area contributed by atoms with Gasteiger partial charge in [-0.2, -0.15) is 10.3 Å². The van der Waals surface area contributed by atoms with Crippen LogP contribution in [0.25, 0.3) is 0 Å². The summed E-state index contributed by atoms with van der Waals surface area (Å²) in [6.45, 7) is 0.963. The number of aromatic nitrogens is 3. The molecule has 1 aromatic heterocycles. The zero-order valence-electron chi connectivity index (χ0n) is 11.3. The van der Waals surface area contributed by atoms with Crippen LogP contribution in [0.4, 0.5) is 5.82 Å². The minimum atomic E-state index is -0.349. The van der Waals surface area contributed by atoms with Crippen molar-refractivity contribution >= 4 is 17.6 Å². The van der Waals surface area contributed by atoms with Crippen molar-refractivity contribution in [3.05, 3.63) is 42.1 Å². The lowest BCUT2D eigenvalue weighted by Crippen LogP contribution is -2.28. The summed E-state index contributed by atoms with van der Waals surface area (Å²) in [6.07, 6.45) is 1.66. The van der Waals surface area contributed by atoms with E-state index < -0.39 is 0 Å². The number of benzene rings is 1. The normalized spacial score (nSPS) is 18.0. The molecule has 1 saturated heterocycles. The van der Waals surface area contributed by atoms with E-state index in [0.717, 1.165) is 5.56 Å². The highest BCUT2D eigenvalue weighted by atomic mass is 16.2. The van der Waals surface area contributed by atoms with Crippen LogP contribution in [0, 0.1) is 5.92 Å². The number of likely N-dealkylation sites (tertiary alicyclic amines) is 1. The number of amides is 2. The predicted octanol–water partition coefficient (Wildman–Crippen LogP) is 0.792. The largest absolute Gasteiger partial charge is 0.338 e. The lowest BCUT2D eigenvalue weighted by atomic mass is 10.1. The quantitative estimate of drug-likeness (QED) is 0.869. The Balaban J connectivity index is 1.60. The highest BCUT2D eigenvalue weighted by molar-refractivity contribution is 5.96. The van der Waals surface area contributed by atoms with Crippen LogP contribution in [-0.4, -0.2) is 38.7 Å². The van der Waals surface area contributed by atoms with Crippen LogP contribution in [0.3, 0.4) is 0 Å². The Kier molecular flexibility index (Phi) is 3.63. The van der Waals surface area contributed by atoms with Crippen LogP contribution in [0.1, 0.15) is 12.0 Å². The van der Waals surface area contributed by atoms with Crippen molar-refractivity contribution < 1.29 is 9.59 Å². The van der Waals surface area contributed by atoms with Gasteiger partial charge in [0.05, 0.1) is 12.1 Å². The zero-order valence-corrected chi connectivity index (χ0v) is 11.3. The standard InChI is InChI=1S/C14H15N5O2/c20-13-6-11(14(21)16-12-7-15-18-17-12)9-19(13)8-10-4-2-1-3-5-10/h1-5,7,11H,6,8-9H2,(H2,15,16,17,18,21). The van der Waals surface area contributed by atoms with Crippen LogP contribution in [0.15, 0.2) is 36.5 Å². The minimum absolute atomic E-state index is 0.000782. The van der Waals surface area contributed by atoms with Crippen LogP contribution < -0.4 is 5.32 Å². The number of carbonyl (C=O) groups is 2. The van der Waals surface area contributed by atoms with Gasteiger partial charge in [-0.05, 0) is 5.56 Å². The average molecular weight is 285 g/mol. The number of nitrogens with one attached hydrogen (secondary N) is 2. The lowest BCUT2D eigenvalue weighted by molar-refractivity contribution is -0.128. The van der Waals surface area contributed by atoms with Gasteiger partial charge in [-0.1, -0.05) is 30.3 Å². The SMILES string of the molecule is O=C(Nc1cn[nH]n1)C1CC(=O)N(Cc2ccccc2)C1. The number of aromatic amines is 1. The Bertz CT molecular complexity index is 626. The number of H-pyrrole nitrogens is 1. The Labute approximate surface area is 121 Å². The number of carbonyl (C=O) groups excluding carboxylic acids is 2. The van der Waals surface area contributed by atoms with Crippen molar-refractivity contribution in [2.75, 3.05) is 11.9 Å². The van der Waals surface area contributed by atoms with E-state index in [-0.39, 0.29) is 24.2 Å². The van der Waals surface area contributed by atoms with E-state index in [0.29, 0.717) is 18.9 Å². The Morgan fingerprint density at radius 2 is 2.19 bits per heavy atom. The summed E-state index contributed by atoms with van der Waals surface area (Å²) in [7, 11) is 0. The maximum Gasteiger partial charge on any atom is 0.231 e. The van der Waals surface area contributed by atoms with Gasteiger partial charge in [0.1, 0.15) is 0 Å². The van der Waals surface area contributed by atoms with Crippen LogP contribution in [0.2, 0.25) is 0 Å². The number of hydrogen-bond donors (Lipinski definition) is 2. The molecule has 21 heavy (non-hydrogen) atoms. The van der Waals surface area contributed by atoms with E-state index in [1.807, 2.05) is 30.3 Å². The van der Waals surface area contributed by atoms with Crippen molar-refractivity contribution in [1.29, 1.82) is 0 Å². The number of anilines is 1. The molecule has 0 aliphatic carbocycles. The van der Waals surface area contributed by atoms with E-state index in [4.69, 9.17) is 0 Å². The van der Waals surface area contributed by atoms with Gasteiger partial charge in [0, 0.05) is 19.5 Å². The second-order valence-electron chi connectivity index (χ2n) is 5.01. The van der Waals surface area contributed by atoms with Crippen molar-refractivity contribution in [3.8, 4) is 0 Å². The average Bonchev–Trinajstić information content (AvgIpc) is 3.11. The van der Waals surface area contributed by atoms with Gasteiger partial charge in [-0.15, -0.1) is 5.10 Å². The van der Waals surface area contributed by atoms with Crippen molar-refractivity contribution in [3.63, 3.8) is 0 Å². The van der Waals surface area contributed by atoms with E-state index in [9.17, 15) is 9.59 Å². The third-order valence-electron chi connectivity index (χ3n) is 3.47. The first-order valence-corrected chi connectivity index (χ1v) is 6.70. The summed E-state index contributed by atoms with van der Waals surface area (Å²) in [5.74, 6) is -0.182. The fourth-order valence-corrected chi connectivity index (χ4v) is 2.39. The molecule has 7 heteroatoms. The molecule has 108 valence electrons. The molecule has 1 aromatic carbocycles. The minimum Gasteiger partial charge on any atom is -0.338 e. The number of rotatable bonds is 4. The van der Waals surface area contributed by atoms with E-state index in [2.05, 4.69) is 20.7 Å². The molecule has 0 saturated carbocycles. The van der Waals surface area contributed by atoms with Crippen LogP contribution in [-0.2, 0) is 16.1 Å². The van der Waals surface area contributed by atoms with Crippen molar-refractivity contribution in [2.45, 2.75) is 13.0 Å². The van der Waals surface area contributed by atoms with Gasteiger partial charge in [0.15, 0.2) is 5.82 Å². The number of nitrogens with zero attached hydrogens (tertiary/aromatic N) is 3. The molecule has 0 bridgehead atoms. The molecule has 1 unspecified atom stereocenters. The molecule has 0 radical (unpaired) electrons. The van der Waals surface area contributed by atoms with Gasteiger partial charge >= 0.3 is 0 Å². The van der Waals surface area contributed by atoms with Gasteiger partial charge in [0.25, 0.3) is 0 Å². The van der Waals surface area contributed by atoms with Gasteiger partial charge in [0.2, 0.25) is 11.8 Å². The topological polar surface area (TPSA) is 91.0 Å². The van der Waals surface area contributed by atoms with Crippen molar-refractivity contribution in [1.82, 2.24) is 20.3 Å². The van der Waals surface area contributed by atoms with Crippen molar-refractivity contribution in [2.24, 2.45) is 5.92 Å². The molecule has 1 fully saturated rings. The number of hydrogen-bond acceptors (Lipinski definition) is 4. The summed E-state index contributed by atoms with van der Waals surface area (Å²) >= 11 is 0. The molecule has 7 nitrogen and oxygen atoms in total. The molecule has 1 aliphatic rings. The van der Waals surface area contributed by atoms with E-state index in [1.54, 1.807) is 4.90 Å². The first kappa shape index (κ1) is 13.3. The predicted molar refractivity (Wildman–Crippen MR) is 75.0 cm³/mol. The molecular weight excluding hydrogens is 270 g/mol. The zero-order chi connectivity index (χ0) is 14.7. The third kappa shape index (κ3) is 3.07. The van der Waals surface area contributed by atoms with Gasteiger partial charge in [-0.3, -0.25) is 9.59 Å². The summed E-state index contributed by atoms with van der Waals surface area (Å²) in [5.41, 5.74) is 1.06. The lowest BCUT2D eigenvalue weighted by Gasteiger charge is -2.16. The Morgan fingerprint density at radius 1 is 1.38 bits per heavy atom. The highest BCUT2D eigenvalue weighted by Gasteiger charge is 2.34. The molecular formula is C14H15N5O2. The van der Waals surface area contributed by atoms with Gasteiger partial charge in [-0.25, -0.2) is 0 Å². The third-order valence-corrected chi connectivity index (χ3v) is 3.47. The van der Waals surface area contributed by atoms with E-state index in [1.165, 1.54) is 6.20 Å². The fourth-order valence-electron chi connectivity index (χ4n) is 2.39. The smallest absolute Gasteiger partial charge is 0.231 e. The first-order chi connectivity index (χ1) is 10.2. The Hall–Kier alpha value is -2.70. The first-order valence-electron chi connectivity index (χ1n) is 6.70. The molecule has 0 spiro atoms. The molecule has 1 atom stereocenters. The molecule has 2 heterocycles. The molecule has 1 aliphatic heterocycles. The van der Waals surface area contributed by atoms with E-state index >= 15 is 0 Å². The summed E-state index contributed by atoms with van der Waals surface area (Å²) in [5, 5.41) is 12.5. The van der Waals surface area contributed by atoms with Crippen LogP contribution in [0.5, 0.6) is 0 Å². The maximum absolute atomic E-state index is 12.1. The highest BCUT2D eigenvalue weighted by Crippen LogP contribution is 2.21. The summed E-state index contributed by atoms with van der Waals surface area (Å²) in [6, 6.07) is 9.74. The monoisotopic (exact) mass is 285 g/mol. The summed E-state index contributed by atoms with van der Waals surface area (Å²) in [4.78, 5) is 25.8.